The van der Waals surface area contributed by atoms with E-state index in [1.54, 1.807) is 0 Å². The molecule has 0 bridgehead atoms. The third-order valence-electron chi connectivity index (χ3n) is 1.66. The lowest BCUT2D eigenvalue weighted by molar-refractivity contribution is -0.155. The first-order valence-electron chi connectivity index (χ1n) is 3.56. The maximum absolute atomic E-state index is 10.2. The molecule has 0 saturated heterocycles. The number of hydrogen-bond donors (Lipinski definition) is 4. The lowest BCUT2D eigenvalue weighted by atomic mass is 9.94. The summed E-state index contributed by atoms with van der Waals surface area (Å²) in [6.45, 7) is 2.30. The molecule has 0 aromatic rings. The minimum absolute atomic E-state index is 0.114. The average Bonchev–Trinajstić information content (AvgIpc) is 2.01. The highest BCUT2D eigenvalue weighted by Gasteiger charge is 2.37. The quantitative estimate of drug-likeness (QED) is 0.375. The fourth-order valence-corrected chi connectivity index (χ4v) is 0.679. The molecular weight excluding hydrogens is 164 g/mol. The Hall–Kier alpha value is -0.490. The van der Waals surface area contributed by atoms with Gasteiger partial charge in [-0.05, 0) is 13.8 Å². The van der Waals surface area contributed by atoms with Gasteiger partial charge < -0.3 is 25.2 Å². The van der Waals surface area contributed by atoms with Crippen LogP contribution in [0.15, 0.2) is 0 Å². The van der Waals surface area contributed by atoms with Crippen LogP contribution in [0.4, 0.5) is 0 Å². The van der Waals surface area contributed by atoms with E-state index in [0.29, 0.717) is 0 Å². The minimum atomic E-state index is -2.03. The van der Waals surface area contributed by atoms with Crippen LogP contribution in [0.25, 0.3) is 0 Å². The van der Waals surface area contributed by atoms with Gasteiger partial charge in [-0.1, -0.05) is 0 Å². The number of hydrogen-bond acceptors (Lipinski definition) is 5. The van der Waals surface area contributed by atoms with E-state index in [9.17, 15) is 4.79 Å². The summed E-state index contributed by atoms with van der Waals surface area (Å²) in [6, 6.07) is 0. The smallest absolute Gasteiger partial charge is 0.154 e. The highest BCUT2D eigenvalue weighted by atomic mass is 16.4. The van der Waals surface area contributed by atoms with Crippen LogP contribution >= 0.6 is 0 Å². The van der Waals surface area contributed by atoms with Crippen LogP contribution in [-0.4, -0.2) is 50.6 Å². The summed E-state index contributed by atoms with van der Waals surface area (Å²) in [5, 5.41) is 36.1. The van der Waals surface area contributed by atoms with Crippen molar-refractivity contribution in [2.45, 2.75) is 37.8 Å². The van der Waals surface area contributed by atoms with E-state index < -0.39 is 23.9 Å². The normalized spacial score (nSPS) is 23.8. The van der Waals surface area contributed by atoms with Gasteiger partial charge in [-0.3, -0.25) is 0 Å². The number of aliphatic hydroxyl groups is 4. The van der Waals surface area contributed by atoms with Gasteiger partial charge in [0.1, 0.15) is 17.8 Å². The molecule has 0 heterocycles. The third-order valence-corrected chi connectivity index (χ3v) is 1.66. The summed E-state index contributed by atoms with van der Waals surface area (Å²) in [4.78, 5) is 10.2. The summed E-state index contributed by atoms with van der Waals surface area (Å²) < 4.78 is 0. The molecule has 72 valence electrons. The van der Waals surface area contributed by atoms with Crippen molar-refractivity contribution in [1.82, 2.24) is 0 Å². The molecule has 0 rings (SSSR count). The van der Waals surface area contributed by atoms with Crippen molar-refractivity contribution in [1.29, 1.82) is 0 Å². The molecule has 0 aromatic carbocycles. The standard InChI is InChI=1S/C7H14O5/c1-4(9)5(10)6(11)7(2,12)3-8/h3-6,9-12H,1-2H3/t4-,5+,6+,7+/m1/s1. The van der Waals surface area contributed by atoms with Crippen molar-refractivity contribution in [2.24, 2.45) is 0 Å². The predicted molar refractivity (Wildman–Crippen MR) is 40.4 cm³/mol. The second-order valence-corrected chi connectivity index (χ2v) is 3.02. The molecule has 0 aliphatic rings. The SMILES string of the molecule is C[C@@H](O)[C@H](O)[C@H](O)[C@@](C)(O)C=O. The summed E-state index contributed by atoms with van der Waals surface area (Å²) in [5.41, 5.74) is -2.03. The van der Waals surface area contributed by atoms with Crippen LogP contribution in [0.5, 0.6) is 0 Å². The summed E-state index contributed by atoms with van der Waals surface area (Å²) >= 11 is 0. The summed E-state index contributed by atoms with van der Waals surface area (Å²) in [7, 11) is 0. The Morgan fingerprint density at radius 3 is 2.00 bits per heavy atom. The molecule has 4 N–H and O–H groups in total. The minimum Gasteiger partial charge on any atom is -0.391 e. The van der Waals surface area contributed by atoms with Gasteiger partial charge in [0.15, 0.2) is 6.29 Å². The van der Waals surface area contributed by atoms with Crippen molar-refractivity contribution in [3.05, 3.63) is 0 Å². The number of carbonyl (C=O) groups excluding carboxylic acids is 1. The van der Waals surface area contributed by atoms with Crippen molar-refractivity contribution in [3.63, 3.8) is 0 Å². The monoisotopic (exact) mass is 178 g/mol. The van der Waals surface area contributed by atoms with E-state index in [1.807, 2.05) is 0 Å². The Morgan fingerprint density at radius 2 is 1.75 bits per heavy atom. The molecule has 12 heavy (non-hydrogen) atoms. The molecule has 4 atom stereocenters. The van der Waals surface area contributed by atoms with Crippen LogP contribution in [-0.2, 0) is 4.79 Å². The molecular formula is C7H14O5. The molecule has 0 aliphatic heterocycles. The molecule has 0 amide bonds. The zero-order chi connectivity index (χ0) is 9.94. The largest absolute Gasteiger partial charge is 0.391 e. The lowest BCUT2D eigenvalue weighted by Gasteiger charge is -2.28. The molecule has 5 nitrogen and oxygen atoms in total. The molecule has 0 saturated carbocycles. The Bertz CT molecular complexity index is 154. The fraction of sp³-hybridized carbons (Fsp3) is 0.857. The van der Waals surface area contributed by atoms with Gasteiger partial charge in [-0.2, -0.15) is 0 Å². The van der Waals surface area contributed by atoms with Crippen LogP contribution in [0.3, 0.4) is 0 Å². The van der Waals surface area contributed by atoms with Crippen molar-refractivity contribution in [3.8, 4) is 0 Å². The fourth-order valence-electron chi connectivity index (χ4n) is 0.679. The Balaban J connectivity index is 4.37. The molecule has 0 aliphatic carbocycles. The van der Waals surface area contributed by atoms with Crippen LogP contribution in [0, 0.1) is 0 Å². The molecule has 0 aromatic heterocycles. The zero-order valence-corrected chi connectivity index (χ0v) is 7.01. The molecule has 0 spiro atoms. The van der Waals surface area contributed by atoms with Gasteiger partial charge in [0.05, 0.1) is 6.10 Å². The molecule has 0 radical (unpaired) electrons. The summed E-state index contributed by atoms with van der Waals surface area (Å²) in [6.07, 6.45) is -4.31. The highest BCUT2D eigenvalue weighted by Crippen LogP contribution is 2.12. The number of aldehydes is 1. The van der Waals surface area contributed by atoms with Crippen molar-refractivity contribution < 1.29 is 25.2 Å². The van der Waals surface area contributed by atoms with E-state index in [0.717, 1.165) is 6.92 Å². The Labute approximate surface area is 70.3 Å². The van der Waals surface area contributed by atoms with E-state index >= 15 is 0 Å². The van der Waals surface area contributed by atoms with Crippen LogP contribution < -0.4 is 0 Å². The first-order chi connectivity index (χ1) is 5.33. The first kappa shape index (κ1) is 11.5. The van der Waals surface area contributed by atoms with E-state index in [2.05, 4.69) is 0 Å². The van der Waals surface area contributed by atoms with Gasteiger partial charge in [0.25, 0.3) is 0 Å². The maximum atomic E-state index is 10.2. The first-order valence-corrected chi connectivity index (χ1v) is 3.56. The highest BCUT2D eigenvalue weighted by molar-refractivity contribution is 5.62. The van der Waals surface area contributed by atoms with Gasteiger partial charge in [-0.15, -0.1) is 0 Å². The predicted octanol–water partition coefficient (Wildman–Crippen LogP) is -1.96. The Morgan fingerprint density at radius 1 is 1.33 bits per heavy atom. The van der Waals surface area contributed by atoms with E-state index in [4.69, 9.17) is 20.4 Å². The van der Waals surface area contributed by atoms with Crippen molar-refractivity contribution in [2.75, 3.05) is 0 Å². The number of carbonyl (C=O) groups is 1. The van der Waals surface area contributed by atoms with E-state index in [-0.39, 0.29) is 6.29 Å². The van der Waals surface area contributed by atoms with Crippen LogP contribution in [0.1, 0.15) is 13.8 Å². The van der Waals surface area contributed by atoms with Crippen molar-refractivity contribution >= 4 is 6.29 Å². The topological polar surface area (TPSA) is 98.0 Å². The molecule has 0 unspecified atom stereocenters. The molecule has 0 fully saturated rings. The van der Waals surface area contributed by atoms with Gasteiger partial charge in [0, 0.05) is 0 Å². The summed E-state index contributed by atoms with van der Waals surface area (Å²) in [5.74, 6) is 0. The second kappa shape index (κ2) is 3.95. The average molecular weight is 178 g/mol. The lowest BCUT2D eigenvalue weighted by Crippen LogP contribution is -2.51. The van der Waals surface area contributed by atoms with Gasteiger partial charge >= 0.3 is 0 Å². The maximum Gasteiger partial charge on any atom is 0.154 e. The van der Waals surface area contributed by atoms with Crippen LogP contribution in [0.2, 0.25) is 0 Å². The third kappa shape index (κ3) is 2.53. The number of rotatable bonds is 4. The van der Waals surface area contributed by atoms with Gasteiger partial charge in [-0.25, -0.2) is 0 Å². The second-order valence-electron chi connectivity index (χ2n) is 3.02. The van der Waals surface area contributed by atoms with Gasteiger partial charge in [0.2, 0.25) is 0 Å². The zero-order valence-electron chi connectivity index (χ0n) is 7.01. The molecule has 5 heteroatoms. The van der Waals surface area contributed by atoms with E-state index in [1.165, 1.54) is 6.92 Å². The number of aliphatic hydroxyl groups excluding tert-OH is 3. The Kier molecular flexibility index (Phi) is 3.79.